The number of anilines is 1. The van der Waals surface area contributed by atoms with Gasteiger partial charge in [-0.15, -0.1) is 0 Å². The minimum Gasteiger partial charge on any atom is -0.507 e. The molecule has 4 fully saturated rings. The lowest BCUT2D eigenvalue weighted by Gasteiger charge is -2.34. The molecule has 9 heteroatoms. The summed E-state index contributed by atoms with van der Waals surface area (Å²) in [6.07, 6.45) is 5.36. The molecule has 7 nitrogen and oxygen atoms in total. The van der Waals surface area contributed by atoms with Crippen molar-refractivity contribution in [3.8, 4) is 22.9 Å². The maximum Gasteiger partial charge on any atom is 0.216 e. The van der Waals surface area contributed by atoms with Crippen LogP contribution in [-0.4, -0.2) is 76.7 Å². The number of morpholine rings is 1. The topological polar surface area (TPSA) is 71.0 Å². The van der Waals surface area contributed by atoms with E-state index in [-0.39, 0.29) is 29.2 Å². The molecule has 1 N–H and O–H groups in total. The first kappa shape index (κ1) is 25.2. The summed E-state index contributed by atoms with van der Waals surface area (Å²) < 4.78 is 43.4. The molecular formula is C32H32F2N4O3. The minimum atomic E-state index is -0.859. The van der Waals surface area contributed by atoms with Crippen LogP contribution in [0.1, 0.15) is 32.1 Å². The second kappa shape index (κ2) is 9.49. The quantitative estimate of drug-likeness (QED) is 0.341. The molecule has 0 saturated carbocycles. The van der Waals surface area contributed by atoms with Gasteiger partial charge in [0.05, 0.1) is 23.3 Å². The second-order valence-corrected chi connectivity index (χ2v) is 12.1. The molecule has 0 radical (unpaired) electrons. The highest BCUT2D eigenvalue weighted by Gasteiger charge is 2.49. The van der Waals surface area contributed by atoms with Crippen LogP contribution in [0, 0.1) is 5.82 Å². The van der Waals surface area contributed by atoms with Gasteiger partial charge in [-0.25, -0.2) is 8.78 Å². The third-order valence-corrected chi connectivity index (χ3v) is 9.52. The lowest BCUT2D eigenvalue weighted by atomic mass is 9.95. The van der Waals surface area contributed by atoms with Gasteiger partial charge in [-0.1, -0.05) is 30.3 Å². The Morgan fingerprint density at radius 2 is 1.88 bits per heavy atom. The number of phenolic OH excluding ortho intramolecular Hbond substituents is 1. The van der Waals surface area contributed by atoms with Crippen LogP contribution < -0.4 is 9.64 Å². The van der Waals surface area contributed by atoms with Crippen molar-refractivity contribution in [2.75, 3.05) is 37.7 Å². The van der Waals surface area contributed by atoms with Gasteiger partial charge in [0.25, 0.3) is 0 Å². The molecule has 2 aromatic carbocycles. The first-order chi connectivity index (χ1) is 20.0. The van der Waals surface area contributed by atoms with Crippen molar-refractivity contribution >= 4 is 27.4 Å². The van der Waals surface area contributed by atoms with Crippen LogP contribution in [0.2, 0.25) is 0 Å². The number of hydrogen-bond acceptors (Lipinski definition) is 7. The number of pyridine rings is 2. The number of aromatic nitrogens is 2. The zero-order chi connectivity index (χ0) is 27.7. The van der Waals surface area contributed by atoms with Crippen LogP contribution in [0.4, 0.5) is 14.6 Å². The fraction of sp³-hybridized carbons (Fsp3) is 0.438. The number of alkyl halides is 1. The zero-order valence-electron chi connectivity index (χ0n) is 22.7. The van der Waals surface area contributed by atoms with Crippen LogP contribution in [0.3, 0.4) is 0 Å². The summed E-state index contributed by atoms with van der Waals surface area (Å²) in [4.78, 5) is 13.8. The molecule has 4 aliphatic rings. The van der Waals surface area contributed by atoms with Crippen molar-refractivity contribution in [1.82, 2.24) is 14.9 Å². The fourth-order valence-electron chi connectivity index (χ4n) is 7.58. The van der Waals surface area contributed by atoms with Gasteiger partial charge in [0.15, 0.2) is 5.82 Å². The van der Waals surface area contributed by atoms with Crippen molar-refractivity contribution in [1.29, 1.82) is 0 Å². The summed E-state index contributed by atoms with van der Waals surface area (Å²) in [5.41, 5.74) is 0.0899. The number of phenols is 1. The minimum absolute atomic E-state index is 0.0348. The van der Waals surface area contributed by atoms with E-state index >= 15 is 4.39 Å². The van der Waals surface area contributed by atoms with Crippen molar-refractivity contribution < 1.29 is 23.4 Å². The number of ether oxygens (including phenoxy) is 2. The normalized spacial score (nSPS) is 27.7. The van der Waals surface area contributed by atoms with Crippen molar-refractivity contribution in [2.24, 2.45) is 0 Å². The third kappa shape index (κ3) is 4.12. The average Bonchev–Trinajstić information content (AvgIpc) is 3.62. The van der Waals surface area contributed by atoms with E-state index in [0.29, 0.717) is 60.7 Å². The summed E-state index contributed by atoms with van der Waals surface area (Å²) in [6, 6.07) is 12.6. The van der Waals surface area contributed by atoms with Gasteiger partial charge in [-0.05, 0) is 49.1 Å². The summed E-state index contributed by atoms with van der Waals surface area (Å²) >= 11 is 0. The van der Waals surface area contributed by atoms with Crippen molar-refractivity contribution in [3.05, 3.63) is 54.5 Å². The van der Waals surface area contributed by atoms with Crippen molar-refractivity contribution in [3.63, 3.8) is 0 Å². The second-order valence-electron chi connectivity index (χ2n) is 12.1. The van der Waals surface area contributed by atoms with Gasteiger partial charge in [0.2, 0.25) is 5.88 Å². The van der Waals surface area contributed by atoms with E-state index in [0.717, 1.165) is 43.0 Å². The molecule has 2 bridgehead atoms. The summed E-state index contributed by atoms with van der Waals surface area (Å²) in [5, 5.41) is 13.4. The van der Waals surface area contributed by atoms with E-state index in [1.54, 1.807) is 18.3 Å². The van der Waals surface area contributed by atoms with E-state index in [2.05, 4.69) is 14.8 Å². The largest absolute Gasteiger partial charge is 0.507 e. The number of rotatable bonds is 5. The number of fused-ring (bicyclic) bond motifs is 5. The Morgan fingerprint density at radius 1 is 1.05 bits per heavy atom. The highest BCUT2D eigenvalue weighted by molar-refractivity contribution is 6.02. The number of aromatic hydroxyl groups is 1. The maximum absolute atomic E-state index is 16.6. The molecule has 4 aliphatic heterocycles. The first-order valence-corrected chi connectivity index (χ1v) is 14.6. The number of halogens is 2. The van der Waals surface area contributed by atoms with E-state index in [9.17, 15) is 9.50 Å². The maximum atomic E-state index is 16.6. The Morgan fingerprint density at radius 3 is 2.73 bits per heavy atom. The number of benzene rings is 2. The SMILES string of the molecule is Oc1ccc2ccccc2c1-c1ncc2c(N3CC4CCC(C3)O4)nc(OC[C@@]34CCCN3C[C@H](F)C4)cc2c1F. The van der Waals surface area contributed by atoms with Crippen LogP contribution in [-0.2, 0) is 4.74 Å². The molecular weight excluding hydrogens is 526 g/mol. The Labute approximate surface area is 236 Å². The summed E-state index contributed by atoms with van der Waals surface area (Å²) in [7, 11) is 0. The predicted octanol–water partition coefficient (Wildman–Crippen LogP) is 5.62. The van der Waals surface area contributed by atoms with Gasteiger partial charge >= 0.3 is 0 Å². The highest BCUT2D eigenvalue weighted by Crippen LogP contribution is 2.43. The Balaban J connectivity index is 1.25. The molecule has 0 spiro atoms. The third-order valence-electron chi connectivity index (χ3n) is 9.52. The molecule has 212 valence electrons. The molecule has 2 unspecified atom stereocenters. The molecule has 4 saturated heterocycles. The lowest BCUT2D eigenvalue weighted by Crippen LogP contribution is -2.44. The number of nitrogens with zero attached hydrogens (tertiary/aromatic N) is 4. The molecule has 4 aromatic rings. The van der Waals surface area contributed by atoms with Crippen LogP contribution >= 0.6 is 0 Å². The monoisotopic (exact) mass is 558 g/mol. The van der Waals surface area contributed by atoms with Gasteiger partial charge in [-0.3, -0.25) is 9.88 Å². The van der Waals surface area contributed by atoms with E-state index in [1.807, 2.05) is 30.3 Å². The Kier molecular flexibility index (Phi) is 5.83. The zero-order valence-corrected chi connectivity index (χ0v) is 22.7. The van der Waals surface area contributed by atoms with Gasteiger partial charge < -0.3 is 19.5 Å². The summed E-state index contributed by atoms with van der Waals surface area (Å²) in [5.74, 6) is 0.359. The molecule has 0 amide bonds. The van der Waals surface area contributed by atoms with Crippen LogP contribution in [0.5, 0.6) is 11.6 Å². The Hall–Kier alpha value is -3.56. The van der Waals surface area contributed by atoms with Gasteiger partial charge in [-0.2, -0.15) is 4.98 Å². The van der Waals surface area contributed by atoms with Gasteiger partial charge in [0.1, 0.15) is 30.0 Å². The molecule has 2 aromatic heterocycles. The average molecular weight is 559 g/mol. The fourth-order valence-corrected chi connectivity index (χ4v) is 7.58. The molecule has 41 heavy (non-hydrogen) atoms. The van der Waals surface area contributed by atoms with E-state index in [4.69, 9.17) is 14.5 Å². The smallest absolute Gasteiger partial charge is 0.216 e. The molecule has 4 atom stereocenters. The highest BCUT2D eigenvalue weighted by atomic mass is 19.1. The van der Waals surface area contributed by atoms with Gasteiger partial charge in [0, 0.05) is 49.1 Å². The predicted molar refractivity (Wildman–Crippen MR) is 153 cm³/mol. The molecule has 6 heterocycles. The van der Waals surface area contributed by atoms with Crippen LogP contribution in [0.15, 0.2) is 48.7 Å². The molecule has 0 aliphatic carbocycles. The summed E-state index contributed by atoms with van der Waals surface area (Å²) in [6.45, 7) is 2.94. The standard InChI is InChI=1S/C32H32F2N4O3/c33-20-13-32(10-3-11-38(32)15-20)18-40-27-12-24-25(31(36-27)37-16-21-7-8-22(17-37)41-21)14-35-30(29(24)34)28-23-5-2-1-4-19(23)6-9-26(28)39/h1-2,4-6,9,12,14,20-22,39H,3,7-8,10-11,13,15-18H2/t20-,21?,22?,32+/m1/s1. The van der Waals surface area contributed by atoms with Crippen molar-refractivity contribution in [2.45, 2.75) is 56.0 Å². The molecule has 8 rings (SSSR count). The lowest BCUT2D eigenvalue weighted by molar-refractivity contribution is 0.0302. The number of hydrogen-bond donors (Lipinski definition) is 1. The first-order valence-electron chi connectivity index (χ1n) is 14.6. The van der Waals surface area contributed by atoms with E-state index < -0.39 is 12.0 Å². The van der Waals surface area contributed by atoms with Crippen LogP contribution in [0.25, 0.3) is 32.8 Å². The Bertz CT molecular complexity index is 1660. The van der Waals surface area contributed by atoms with E-state index in [1.165, 1.54) is 0 Å².